The van der Waals surface area contributed by atoms with Gasteiger partial charge in [-0.2, -0.15) is 0 Å². The third kappa shape index (κ3) is 5.33. The van der Waals surface area contributed by atoms with Crippen LogP contribution in [0.5, 0.6) is 0 Å². The molecule has 0 aliphatic carbocycles. The van der Waals surface area contributed by atoms with E-state index in [-0.39, 0.29) is 22.5 Å². The van der Waals surface area contributed by atoms with E-state index in [1.165, 1.54) is 13.2 Å². The molecule has 1 saturated heterocycles. The average Bonchev–Trinajstić information content (AvgIpc) is 3.33. The number of piperazine rings is 1. The molecule has 1 aliphatic heterocycles. The average molecular weight is 592 g/mol. The second-order valence-corrected chi connectivity index (χ2v) is 12.2. The molecule has 5 rings (SSSR count). The highest BCUT2D eigenvalue weighted by Crippen LogP contribution is 2.35. The third-order valence-corrected chi connectivity index (χ3v) is 8.12. The molecule has 8 nitrogen and oxygen atoms in total. The molecular formula is C32H35ClFN5O3. The lowest BCUT2D eigenvalue weighted by molar-refractivity contribution is 0.0597. The smallest absolute Gasteiger partial charge is 0.339 e. The number of esters is 1. The number of carbonyl (C=O) groups is 2. The molecule has 1 aliphatic rings. The van der Waals surface area contributed by atoms with Crippen molar-refractivity contribution < 1.29 is 18.7 Å². The molecule has 0 N–H and O–H groups in total. The van der Waals surface area contributed by atoms with E-state index >= 15 is 0 Å². The van der Waals surface area contributed by atoms with E-state index in [0.717, 1.165) is 22.3 Å². The fraction of sp³-hybridized carbons (Fsp3) is 0.375. The molecule has 4 heterocycles. The van der Waals surface area contributed by atoms with Crippen molar-refractivity contribution in [2.45, 2.75) is 53.1 Å². The largest absolute Gasteiger partial charge is 0.465 e. The van der Waals surface area contributed by atoms with Gasteiger partial charge in [-0.15, -0.1) is 0 Å². The van der Waals surface area contributed by atoms with Crippen molar-refractivity contribution in [2.75, 3.05) is 31.6 Å². The summed E-state index contributed by atoms with van der Waals surface area (Å²) < 4.78 is 21.3. The number of halogens is 2. The molecule has 10 heteroatoms. The molecule has 1 atom stereocenters. The zero-order valence-electron chi connectivity index (χ0n) is 25.0. The Morgan fingerprint density at radius 2 is 1.81 bits per heavy atom. The molecule has 1 fully saturated rings. The first-order valence-corrected chi connectivity index (χ1v) is 14.3. The topological polar surface area (TPSA) is 80.6 Å². The number of hydrogen-bond acceptors (Lipinski definition) is 6. The van der Waals surface area contributed by atoms with Gasteiger partial charge in [0.2, 0.25) is 0 Å². The van der Waals surface area contributed by atoms with Gasteiger partial charge in [0, 0.05) is 48.4 Å². The minimum Gasteiger partial charge on any atom is -0.465 e. The molecule has 42 heavy (non-hydrogen) atoms. The van der Waals surface area contributed by atoms with Crippen LogP contribution in [0.25, 0.3) is 22.2 Å². The van der Waals surface area contributed by atoms with Crippen LogP contribution in [0.3, 0.4) is 0 Å². The SMILES string of the molecule is COC(=O)c1c(C)cc(N2CCN(C(=O)c3ccc4c(-c5ccc(Cl)c(F)c5)cn(C(C)(C)C)c4n3)[C@H](C)C2)nc1C. The third-order valence-electron chi connectivity index (χ3n) is 7.81. The normalized spacial score (nSPS) is 15.8. The van der Waals surface area contributed by atoms with Crippen molar-refractivity contribution in [2.24, 2.45) is 0 Å². The molecule has 0 bridgehead atoms. The predicted molar refractivity (Wildman–Crippen MR) is 163 cm³/mol. The lowest BCUT2D eigenvalue weighted by atomic mass is 10.1. The maximum Gasteiger partial charge on any atom is 0.339 e. The number of aromatic nitrogens is 3. The van der Waals surface area contributed by atoms with Gasteiger partial charge in [0.25, 0.3) is 5.91 Å². The van der Waals surface area contributed by atoms with E-state index < -0.39 is 11.8 Å². The quantitative estimate of drug-likeness (QED) is 0.256. The number of anilines is 1. The van der Waals surface area contributed by atoms with Crippen LogP contribution < -0.4 is 4.90 Å². The summed E-state index contributed by atoms with van der Waals surface area (Å²) in [5.74, 6) is -0.266. The molecule has 1 aromatic carbocycles. The van der Waals surface area contributed by atoms with Crippen LogP contribution >= 0.6 is 11.6 Å². The van der Waals surface area contributed by atoms with Crippen LogP contribution in [0, 0.1) is 19.7 Å². The Labute approximate surface area is 250 Å². The van der Waals surface area contributed by atoms with E-state index in [0.29, 0.717) is 47.8 Å². The molecule has 4 aromatic rings. The first-order valence-electron chi connectivity index (χ1n) is 13.9. The van der Waals surface area contributed by atoms with Crippen LogP contribution in [0.4, 0.5) is 10.2 Å². The number of carbonyl (C=O) groups excluding carboxylic acids is 2. The highest BCUT2D eigenvalue weighted by Gasteiger charge is 2.31. The Bertz CT molecular complexity index is 1690. The fourth-order valence-corrected chi connectivity index (χ4v) is 5.74. The molecule has 1 amide bonds. The Morgan fingerprint density at radius 3 is 2.43 bits per heavy atom. The molecule has 220 valence electrons. The lowest BCUT2D eigenvalue weighted by Crippen LogP contribution is -2.54. The highest BCUT2D eigenvalue weighted by molar-refractivity contribution is 6.30. The summed E-state index contributed by atoms with van der Waals surface area (Å²) in [4.78, 5) is 39.4. The molecule has 3 aromatic heterocycles. The van der Waals surface area contributed by atoms with Gasteiger partial charge in [-0.05, 0) is 83.0 Å². The van der Waals surface area contributed by atoms with Crippen molar-refractivity contribution >= 4 is 40.3 Å². The molecule has 0 radical (unpaired) electrons. The number of aryl methyl sites for hydroxylation is 2. The maximum absolute atomic E-state index is 14.3. The van der Waals surface area contributed by atoms with Crippen LogP contribution in [-0.4, -0.2) is 64.1 Å². The van der Waals surface area contributed by atoms with Gasteiger partial charge < -0.3 is 19.1 Å². The molecular weight excluding hydrogens is 557 g/mol. The number of nitrogens with zero attached hydrogens (tertiary/aromatic N) is 5. The maximum atomic E-state index is 14.3. The van der Waals surface area contributed by atoms with E-state index in [2.05, 4.69) is 30.7 Å². The molecule has 0 saturated carbocycles. The molecule has 0 spiro atoms. The van der Waals surface area contributed by atoms with Crippen LogP contribution in [0.1, 0.15) is 59.8 Å². The Hall–Kier alpha value is -3.98. The zero-order chi connectivity index (χ0) is 30.5. The number of amides is 1. The Balaban J connectivity index is 1.43. The van der Waals surface area contributed by atoms with E-state index in [9.17, 15) is 14.0 Å². The minimum absolute atomic E-state index is 0.0674. The number of rotatable bonds is 4. The van der Waals surface area contributed by atoms with Gasteiger partial charge in [-0.3, -0.25) is 4.79 Å². The van der Waals surface area contributed by atoms with Crippen molar-refractivity contribution in [1.82, 2.24) is 19.4 Å². The van der Waals surface area contributed by atoms with Gasteiger partial charge >= 0.3 is 5.97 Å². The van der Waals surface area contributed by atoms with Gasteiger partial charge in [0.1, 0.15) is 23.0 Å². The second-order valence-electron chi connectivity index (χ2n) is 11.8. The highest BCUT2D eigenvalue weighted by atomic mass is 35.5. The zero-order valence-corrected chi connectivity index (χ0v) is 25.7. The number of fused-ring (bicyclic) bond motifs is 1. The van der Waals surface area contributed by atoms with Gasteiger partial charge in [0.05, 0.1) is 23.4 Å². The van der Waals surface area contributed by atoms with Crippen molar-refractivity contribution in [3.63, 3.8) is 0 Å². The summed E-state index contributed by atoms with van der Waals surface area (Å²) in [6.45, 7) is 13.5. The summed E-state index contributed by atoms with van der Waals surface area (Å²) in [6, 6.07) is 10.2. The van der Waals surface area contributed by atoms with Crippen molar-refractivity contribution in [3.8, 4) is 11.1 Å². The molecule has 0 unspecified atom stereocenters. The van der Waals surface area contributed by atoms with Crippen LogP contribution in [0.2, 0.25) is 5.02 Å². The first kappa shape index (κ1) is 29.5. The van der Waals surface area contributed by atoms with Gasteiger partial charge in [0.15, 0.2) is 0 Å². The monoisotopic (exact) mass is 591 g/mol. The lowest BCUT2D eigenvalue weighted by Gasteiger charge is -2.40. The standard InChI is InChI=1S/C32H35ClFN5O3/c1-18-14-27(35-20(3)28(18)31(41)42-7)37-12-13-38(19(2)16-37)30(40)26-11-9-22-23(21-8-10-24(33)25(34)15-21)17-39(29(22)36-26)32(4,5)6/h8-11,14-15,17,19H,12-13,16H2,1-7H3/t19-/m1/s1. The Kier molecular flexibility index (Phi) is 7.74. The minimum atomic E-state index is -0.487. The van der Waals surface area contributed by atoms with Gasteiger partial charge in [-0.25, -0.2) is 19.2 Å². The number of hydrogen-bond donors (Lipinski definition) is 0. The summed E-state index contributed by atoms with van der Waals surface area (Å²) in [5.41, 5.74) is 4.09. The number of pyridine rings is 2. The van der Waals surface area contributed by atoms with Crippen molar-refractivity contribution in [1.29, 1.82) is 0 Å². The summed E-state index contributed by atoms with van der Waals surface area (Å²) in [5, 5.41) is 0.895. The Morgan fingerprint density at radius 1 is 1.07 bits per heavy atom. The van der Waals surface area contributed by atoms with Crippen LogP contribution in [0.15, 0.2) is 42.6 Å². The van der Waals surface area contributed by atoms with E-state index in [1.807, 2.05) is 41.6 Å². The summed E-state index contributed by atoms with van der Waals surface area (Å²) in [7, 11) is 1.36. The fourth-order valence-electron chi connectivity index (χ4n) is 5.62. The predicted octanol–water partition coefficient (Wildman–Crippen LogP) is 6.40. The summed E-state index contributed by atoms with van der Waals surface area (Å²) >= 11 is 5.93. The summed E-state index contributed by atoms with van der Waals surface area (Å²) in [6.07, 6.45) is 1.96. The number of methoxy groups -OCH3 is 1. The van der Waals surface area contributed by atoms with E-state index in [4.69, 9.17) is 21.3 Å². The number of benzene rings is 1. The first-order chi connectivity index (χ1) is 19.8. The van der Waals surface area contributed by atoms with Gasteiger partial charge in [-0.1, -0.05) is 17.7 Å². The van der Waals surface area contributed by atoms with Crippen LogP contribution in [-0.2, 0) is 10.3 Å². The van der Waals surface area contributed by atoms with E-state index in [1.54, 1.807) is 25.1 Å². The second kappa shape index (κ2) is 11.0. The van der Waals surface area contributed by atoms with Crippen molar-refractivity contribution in [3.05, 3.63) is 75.9 Å². The number of ether oxygens (including phenoxy) is 1.